The van der Waals surface area contributed by atoms with E-state index in [1.165, 1.54) is 109 Å². The number of hydrogen-bond acceptors (Lipinski definition) is 6. The van der Waals surface area contributed by atoms with E-state index in [9.17, 15) is 0 Å². The van der Waals surface area contributed by atoms with Gasteiger partial charge in [0.15, 0.2) is 0 Å². The van der Waals surface area contributed by atoms with Gasteiger partial charge in [-0.2, -0.15) is 9.97 Å². The molecular formula is C30H54N6. The molecule has 0 atom stereocenters. The number of nitrogens with zero attached hydrogens (tertiary/aromatic N) is 4. The van der Waals surface area contributed by atoms with Gasteiger partial charge in [0.2, 0.25) is 5.95 Å². The van der Waals surface area contributed by atoms with Gasteiger partial charge in [0, 0.05) is 38.8 Å². The highest BCUT2D eigenvalue weighted by Crippen LogP contribution is 2.33. The predicted octanol–water partition coefficient (Wildman–Crippen LogP) is 6.73. The van der Waals surface area contributed by atoms with E-state index in [1.807, 2.05) is 6.07 Å². The van der Waals surface area contributed by atoms with Crippen LogP contribution in [0.15, 0.2) is 6.07 Å². The van der Waals surface area contributed by atoms with Crippen molar-refractivity contribution in [2.24, 2.45) is 17.8 Å². The molecule has 3 aliphatic rings. The first kappa shape index (κ1) is 27.5. The first-order valence-electron chi connectivity index (χ1n) is 15.6. The fourth-order valence-electron chi connectivity index (χ4n) is 6.87. The molecule has 3 fully saturated rings. The van der Waals surface area contributed by atoms with Crippen molar-refractivity contribution < 1.29 is 0 Å². The summed E-state index contributed by atoms with van der Waals surface area (Å²) in [5, 5.41) is 3.53. The number of piperazine rings is 1. The molecule has 0 unspecified atom stereocenters. The maximum Gasteiger partial charge on any atom is 0.226 e. The van der Waals surface area contributed by atoms with E-state index >= 15 is 0 Å². The quantitative estimate of drug-likeness (QED) is 0.294. The monoisotopic (exact) mass is 498 g/mol. The molecule has 1 aromatic rings. The van der Waals surface area contributed by atoms with E-state index in [4.69, 9.17) is 10.7 Å². The standard InChI is InChI=1S/C30H54N6/c1-2-18-35-19-21-36(22-20-35)29-23-28(31)33-30(34-29)32-24-27-16-14-26(15-17-27)13-7-4-3-6-10-25-11-8-5-9-12-25/h23,25-27H,2-22,24H2,1H3,(H3,31,32,33,34). The third-order valence-electron chi connectivity index (χ3n) is 9.18. The molecule has 0 amide bonds. The maximum atomic E-state index is 6.15. The van der Waals surface area contributed by atoms with Gasteiger partial charge in [-0.25, -0.2) is 0 Å². The molecule has 0 spiro atoms. The van der Waals surface area contributed by atoms with E-state index in [0.717, 1.165) is 56.3 Å². The minimum Gasteiger partial charge on any atom is -0.383 e. The molecule has 3 N–H and O–H groups in total. The van der Waals surface area contributed by atoms with E-state index in [0.29, 0.717) is 11.8 Å². The molecule has 4 rings (SSSR count). The van der Waals surface area contributed by atoms with Gasteiger partial charge in [-0.3, -0.25) is 4.90 Å². The largest absolute Gasteiger partial charge is 0.383 e. The summed E-state index contributed by atoms with van der Waals surface area (Å²) in [7, 11) is 0. The Bertz CT molecular complexity index is 733. The number of hydrogen-bond donors (Lipinski definition) is 2. The number of anilines is 3. The van der Waals surface area contributed by atoms with Crippen molar-refractivity contribution in [2.45, 2.75) is 110 Å². The average molecular weight is 499 g/mol. The van der Waals surface area contributed by atoms with Crippen LogP contribution < -0.4 is 16.0 Å². The van der Waals surface area contributed by atoms with Gasteiger partial charge in [-0.05, 0) is 43.6 Å². The number of nitrogens with one attached hydrogen (secondary N) is 1. The minimum atomic E-state index is 0.570. The zero-order chi connectivity index (χ0) is 25.0. The molecule has 2 saturated carbocycles. The number of unbranched alkanes of at least 4 members (excludes halogenated alkanes) is 3. The molecule has 6 nitrogen and oxygen atoms in total. The van der Waals surface area contributed by atoms with Crippen LogP contribution in [-0.2, 0) is 0 Å². The minimum absolute atomic E-state index is 0.570. The first-order valence-corrected chi connectivity index (χ1v) is 15.6. The van der Waals surface area contributed by atoms with Gasteiger partial charge >= 0.3 is 0 Å². The summed E-state index contributed by atoms with van der Waals surface area (Å²) in [5.74, 6) is 5.01. The van der Waals surface area contributed by atoms with Crippen molar-refractivity contribution in [2.75, 3.05) is 55.2 Å². The van der Waals surface area contributed by atoms with Crippen molar-refractivity contribution in [3.8, 4) is 0 Å². The molecule has 2 heterocycles. The Morgan fingerprint density at radius 1 is 0.806 bits per heavy atom. The van der Waals surface area contributed by atoms with Crippen LogP contribution >= 0.6 is 0 Å². The lowest BCUT2D eigenvalue weighted by Gasteiger charge is -2.35. The molecule has 0 radical (unpaired) electrons. The Kier molecular flexibility index (Phi) is 11.4. The fraction of sp³-hybridized carbons (Fsp3) is 0.867. The van der Waals surface area contributed by atoms with Crippen LogP contribution in [-0.4, -0.2) is 54.1 Å². The van der Waals surface area contributed by atoms with Gasteiger partial charge in [0.1, 0.15) is 11.6 Å². The van der Waals surface area contributed by atoms with Crippen LogP contribution in [0, 0.1) is 17.8 Å². The number of nitrogen functional groups attached to an aromatic ring is 1. The van der Waals surface area contributed by atoms with Crippen molar-refractivity contribution in [1.82, 2.24) is 14.9 Å². The highest BCUT2D eigenvalue weighted by Gasteiger charge is 2.22. The first-order chi connectivity index (χ1) is 17.7. The molecule has 1 aromatic heterocycles. The topological polar surface area (TPSA) is 70.3 Å². The second kappa shape index (κ2) is 15.0. The van der Waals surface area contributed by atoms with Gasteiger partial charge in [0.25, 0.3) is 0 Å². The van der Waals surface area contributed by atoms with Crippen LogP contribution in [0.1, 0.15) is 110 Å². The molecule has 6 heteroatoms. The van der Waals surface area contributed by atoms with Crippen molar-refractivity contribution in [3.05, 3.63) is 6.07 Å². The molecule has 36 heavy (non-hydrogen) atoms. The third-order valence-corrected chi connectivity index (χ3v) is 9.18. The molecule has 1 aliphatic heterocycles. The second-order valence-corrected chi connectivity index (χ2v) is 12.1. The van der Waals surface area contributed by atoms with E-state index < -0.39 is 0 Å². The van der Waals surface area contributed by atoms with Crippen molar-refractivity contribution >= 4 is 17.6 Å². The Hall–Kier alpha value is -1.56. The van der Waals surface area contributed by atoms with Crippen LogP contribution in [0.5, 0.6) is 0 Å². The molecule has 1 saturated heterocycles. The summed E-state index contributed by atoms with van der Waals surface area (Å²) in [4.78, 5) is 14.2. The number of aromatic nitrogens is 2. The van der Waals surface area contributed by atoms with E-state index in [-0.39, 0.29) is 0 Å². The van der Waals surface area contributed by atoms with Crippen molar-refractivity contribution in [1.29, 1.82) is 0 Å². The fourth-order valence-corrected chi connectivity index (χ4v) is 6.87. The summed E-state index contributed by atoms with van der Waals surface area (Å²) in [6, 6.07) is 1.93. The highest BCUT2D eigenvalue weighted by atomic mass is 15.3. The molecular weight excluding hydrogens is 444 g/mol. The second-order valence-electron chi connectivity index (χ2n) is 12.1. The Balaban J connectivity index is 1.08. The maximum absolute atomic E-state index is 6.15. The SMILES string of the molecule is CCCN1CCN(c2cc(N)nc(NCC3CCC(CCCCCCC4CCCCC4)CC3)n2)CC1. The molecule has 0 bridgehead atoms. The van der Waals surface area contributed by atoms with E-state index in [1.54, 1.807) is 0 Å². The van der Waals surface area contributed by atoms with Gasteiger partial charge in [-0.1, -0.05) is 90.4 Å². The van der Waals surface area contributed by atoms with Gasteiger partial charge < -0.3 is 16.0 Å². The normalized spacial score (nSPS) is 24.2. The van der Waals surface area contributed by atoms with Crippen LogP contribution in [0.25, 0.3) is 0 Å². The zero-order valence-electron chi connectivity index (χ0n) is 23.2. The van der Waals surface area contributed by atoms with Crippen molar-refractivity contribution in [3.63, 3.8) is 0 Å². The lowest BCUT2D eigenvalue weighted by atomic mass is 9.79. The summed E-state index contributed by atoms with van der Waals surface area (Å²) in [6.45, 7) is 8.65. The van der Waals surface area contributed by atoms with Crippen LogP contribution in [0.4, 0.5) is 17.6 Å². The summed E-state index contributed by atoms with van der Waals surface area (Å²) < 4.78 is 0. The smallest absolute Gasteiger partial charge is 0.226 e. The Morgan fingerprint density at radius 2 is 1.44 bits per heavy atom. The molecule has 0 aromatic carbocycles. The highest BCUT2D eigenvalue weighted by molar-refractivity contribution is 5.51. The molecule has 204 valence electrons. The summed E-state index contributed by atoms with van der Waals surface area (Å²) in [5.41, 5.74) is 6.15. The summed E-state index contributed by atoms with van der Waals surface area (Å²) >= 11 is 0. The van der Waals surface area contributed by atoms with Crippen LogP contribution in [0.3, 0.4) is 0 Å². The van der Waals surface area contributed by atoms with E-state index in [2.05, 4.69) is 27.0 Å². The number of nitrogens with two attached hydrogens (primary N) is 1. The third kappa shape index (κ3) is 9.08. The predicted molar refractivity (Wildman–Crippen MR) is 154 cm³/mol. The van der Waals surface area contributed by atoms with Gasteiger partial charge in [0.05, 0.1) is 0 Å². The zero-order valence-corrected chi connectivity index (χ0v) is 23.2. The Labute approximate surface area is 221 Å². The average Bonchev–Trinajstić information content (AvgIpc) is 2.91. The number of rotatable bonds is 13. The summed E-state index contributed by atoms with van der Waals surface area (Å²) in [6.07, 6.45) is 23.0. The lowest BCUT2D eigenvalue weighted by Crippen LogP contribution is -2.46. The Morgan fingerprint density at radius 3 is 2.11 bits per heavy atom. The van der Waals surface area contributed by atoms with Gasteiger partial charge in [-0.15, -0.1) is 0 Å². The molecule has 2 aliphatic carbocycles. The lowest BCUT2D eigenvalue weighted by molar-refractivity contribution is 0.258. The van der Waals surface area contributed by atoms with Crippen LogP contribution in [0.2, 0.25) is 0 Å².